The van der Waals surface area contributed by atoms with Crippen LogP contribution < -0.4 is 20.9 Å². The molecule has 2 fully saturated rings. The third-order valence-electron chi connectivity index (χ3n) is 14.6. The molecule has 0 amide bonds. The van der Waals surface area contributed by atoms with Gasteiger partial charge in [-0.2, -0.15) is 0 Å². The summed E-state index contributed by atoms with van der Waals surface area (Å²) >= 11 is 0. The number of rotatable bonds is 12. The number of nitrogens with zero attached hydrogens (tertiary/aromatic N) is 6. The van der Waals surface area contributed by atoms with Crippen LogP contribution in [0.15, 0.2) is 61.2 Å². The second-order valence-corrected chi connectivity index (χ2v) is 20.8. The van der Waals surface area contributed by atoms with E-state index in [2.05, 4.69) is 35.9 Å². The van der Waals surface area contributed by atoms with E-state index in [1.165, 1.54) is 0 Å². The molecule has 0 saturated heterocycles. The molecule has 14 nitrogen and oxygen atoms in total. The predicted molar refractivity (Wildman–Crippen MR) is 260 cm³/mol. The summed E-state index contributed by atoms with van der Waals surface area (Å²) in [6.45, 7) is 20.0. The molecule has 2 saturated carbocycles. The Hall–Kier alpha value is -6.12. The average Bonchev–Trinajstić information content (AvgIpc) is 4.25. The van der Waals surface area contributed by atoms with Gasteiger partial charge in [0.1, 0.15) is 23.4 Å². The van der Waals surface area contributed by atoms with Crippen LogP contribution in [0.25, 0.3) is 21.5 Å². The highest BCUT2D eigenvalue weighted by Crippen LogP contribution is 2.41. The molecule has 0 spiro atoms. The van der Waals surface area contributed by atoms with Crippen molar-refractivity contribution in [2.45, 2.75) is 167 Å². The summed E-state index contributed by atoms with van der Waals surface area (Å²) in [5.74, 6) is 0.590. The zero-order valence-corrected chi connectivity index (χ0v) is 41.0. The van der Waals surface area contributed by atoms with Gasteiger partial charge in [-0.25, -0.2) is 19.6 Å². The van der Waals surface area contributed by atoms with Crippen LogP contribution in [0.4, 0.5) is 0 Å². The number of esters is 2. The number of pyridine rings is 6. The van der Waals surface area contributed by atoms with E-state index in [4.69, 9.17) is 50.4 Å². The van der Waals surface area contributed by atoms with Crippen molar-refractivity contribution >= 4 is 33.5 Å². The van der Waals surface area contributed by atoms with E-state index < -0.39 is 22.3 Å². The van der Waals surface area contributed by atoms with E-state index >= 15 is 0 Å². The van der Waals surface area contributed by atoms with E-state index in [-0.39, 0.29) is 36.0 Å². The highest BCUT2D eigenvalue weighted by atomic mass is 16.6. The molecule has 2 aliphatic heterocycles. The molecule has 4 atom stereocenters. The van der Waals surface area contributed by atoms with Gasteiger partial charge >= 0.3 is 11.9 Å². The Bertz CT molecular complexity index is 2760. The number of hydrogen-bond donors (Lipinski definition) is 2. The maximum absolute atomic E-state index is 12.4. The van der Waals surface area contributed by atoms with Gasteiger partial charge in [-0.1, -0.05) is 27.7 Å². The molecule has 2 aliphatic carbocycles. The largest absolute Gasteiger partial charge is 0.474 e. The number of cyclic esters (lactones) is 2. The highest BCUT2D eigenvalue weighted by molar-refractivity contribution is 5.94. The lowest BCUT2D eigenvalue weighted by atomic mass is 9.84. The molecule has 10 rings (SSSR count). The second-order valence-electron chi connectivity index (χ2n) is 20.8. The van der Waals surface area contributed by atoms with E-state index in [9.17, 15) is 9.59 Å². The van der Waals surface area contributed by atoms with Crippen LogP contribution in [-0.2, 0) is 33.4 Å². The molecule has 356 valence electrons. The Morgan fingerprint density at radius 1 is 0.588 bits per heavy atom. The van der Waals surface area contributed by atoms with Crippen LogP contribution in [0, 0.1) is 0 Å². The van der Waals surface area contributed by atoms with Crippen LogP contribution in [0.5, 0.6) is 11.8 Å². The Morgan fingerprint density at radius 3 is 1.32 bits per heavy atom. The molecule has 6 aromatic heterocycles. The van der Waals surface area contributed by atoms with Crippen LogP contribution in [0.3, 0.4) is 0 Å². The smallest absolute Gasteiger partial charge is 0.340 e. The van der Waals surface area contributed by atoms with Crippen molar-refractivity contribution in [3.8, 4) is 11.8 Å². The number of aromatic nitrogens is 6. The summed E-state index contributed by atoms with van der Waals surface area (Å²) < 4.78 is 23.3. The first kappa shape index (κ1) is 47.0. The van der Waals surface area contributed by atoms with Crippen molar-refractivity contribution in [2.24, 2.45) is 11.5 Å². The van der Waals surface area contributed by atoms with Gasteiger partial charge < -0.3 is 30.4 Å². The minimum Gasteiger partial charge on any atom is -0.474 e. The molecule has 6 aromatic rings. The fraction of sp³-hybridized carbons (Fsp3) is 0.481. The van der Waals surface area contributed by atoms with Crippen molar-refractivity contribution in [3.05, 3.63) is 118 Å². The molecule has 0 bridgehead atoms. The zero-order valence-electron chi connectivity index (χ0n) is 41.0. The van der Waals surface area contributed by atoms with E-state index in [0.29, 0.717) is 35.7 Å². The molecular formula is C54H64N8O6. The van der Waals surface area contributed by atoms with E-state index in [0.717, 1.165) is 105 Å². The summed E-state index contributed by atoms with van der Waals surface area (Å²) in [6.07, 6.45) is 14.8. The third kappa shape index (κ3) is 9.24. The lowest BCUT2D eigenvalue weighted by Gasteiger charge is -2.36. The van der Waals surface area contributed by atoms with Gasteiger partial charge in [0.15, 0.2) is 0 Å². The van der Waals surface area contributed by atoms with Gasteiger partial charge in [-0.05, 0) is 138 Å². The molecule has 0 aromatic carbocycles. The molecule has 68 heavy (non-hydrogen) atoms. The molecule has 14 heteroatoms. The maximum Gasteiger partial charge on any atom is 0.340 e. The number of ether oxygens (including phenoxy) is 4. The quantitative estimate of drug-likeness (QED) is 0.110. The second kappa shape index (κ2) is 17.4. The molecule has 0 radical (unpaired) electrons. The Kier molecular flexibility index (Phi) is 12.0. The zero-order chi connectivity index (χ0) is 48.5. The summed E-state index contributed by atoms with van der Waals surface area (Å²) in [6, 6.07) is 11.6. The molecule has 0 unspecified atom stereocenters. The van der Waals surface area contributed by atoms with Crippen molar-refractivity contribution in [2.75, 3.05) is 0 Å². The van der Waals surface area contributed by atoms with Gasteiger partial charge in [0, 0.05) is 83.3 Å². The van der Waals surface area contributed by atoms with E-state index in [1.54, 1.807) is 0 Å². The maximum atomic E-state index is 12.4. The van der Waals surface area contributed by atoms with Crippen LogP contribution >= 0.6 is 0 Å². The van der Waals surface area contributed by atoms with Crippen molar-refractivity contribution < 1.29 is 28.5 Å². The summed E-state index contributed by atoms with van der Waals surface area (Å²) in [4.78, 5) is 53.2. The molecule has 4 N–H and O–H groups in total. The van der Waals surface area contributed by atoms with Crippen LogP contribution in [0.1, 0.15) is 186 Å². The van der Waals surface area contributed by atoms with Gasteiger partial charge in [0.05, 0.1) is 33.3 Å². The van der Waals surface area contributed by atoms with Gasteiger partial charge in [-0.15, -0.1) is 0 Å². The van der Waals surface area contributed by atoms with Gasteiger partial charge in [0.25, 0.3) is 0 Å². The average molecular weight is 921 g/mol. The van der Waals surface area contributed by atoms with Crippen LogP contribution in [0.2, 0.25) is 0 Å². The van der Waals surface area contributed by atoms with Crippen molar-refractivity contribution in [1.29, 1.82) is 0 Å². The van der Waals surface area contributed by atoms with Gasteiger partial charge in [0.2, 0.25) is 11.8 Å². The number of carbonyl (C=O) groups is 2. The topological polar surface area (TPSA) is 200 Å². The normalized spacial score (nSPS) is 21.0. The third-order valence-corrected chi connectivity index (χ3v) is 14.6. The summed E-state index contributed by atoms with van der Waals surface area (Å²) in [7, 11) is 0. The fourth-order valence-corrected chi connectivity index (χ4v) is 8.70. The summed E-state index contributed by atoms with van der Waals surface area (Å²) in [5, 5.41) is 3.79. The number of carbonyl (C=O) groups excluding carboxylic acids is 2. The SMILES string of the molecule is CC[C@@](C)(N)c1cnc(OC2CC2)c2cnc(Cc3ccc4c(n3)[C@@H](C)C(C)(C)OC4=O)cc12.CC[C@](C)(N)c1cnc(OC2CC2)c2cnc(Cc3ccc4c(n3)[C@@H](C)C(C)(C)OC4=O)cc12. The van der Waals surface area contributed by atoms with Crippen LogP contribution in [-0.4, -0.2) is 65.3 Å². The Balaban J connectivity index is 0.000000170. The number of nitrogens with two attached hydrogens (primary N) is 2. The Morgan fingerprint density at radius 2 is 0.971 bits per heavy atom. The first-order valence-corrected chi connectivity index (χ1v) is 24.1. The van der Waals surface area contributed by atoms with Crippen molar-refractivity contribution in [3.63, 3.8) is 0 Å². The molecule has 4 aliphatic rings. The lowest BCUT2D eigenvalue weighted by molar-refractivity contribution is -0.0200. The molecular weight excluding hydrogens is 857 g/mol. The van der Waals surface area contributed by atoms with Crippen molar-refractivity contribution in [1.82, 2.24) is 29.9 Å². The minimum atomic E-state index is -0.595. The first-order valence-electron chi connectivity index (χ1n) is 24.1. The standard InChI is InChI=1S/2C27H32N4O3/c2*1-6-27(5,28)22-14-30-24(33-18-8-9-18)21-13-29-17(12-20(21)22)11-16-7-10-19-23(31-16)15(2)26(3,4)34-25(19)32/h2*7,10,12-15,18H,6,8-9,11,28H2,1-5H3/t15-,27+;15-,27-/m11/s1. The molecule has 8 heterocycles. The lowest BCUT2D eigenvalue weighted by Crippen LogP contribution is -2.39. The number of hydrogen-bond acceptors (Lipinski definition) is 14. The minimum absolute atomic E-state index is 0.00739. The van der Waals surface area contributed by atoms with Gasteiger partial charge in [-0.3, -0.25) is 19.9 Å². The van der Waals surface area contributed by atoms with E-state index in [1.807, 2.05) is 104 Å². The monoisotopic (exact) mass is 920 g/mol. The number of fused-ring (bicyclic) bond motifs is 4. The predicted octanol–water partition coefficient (Wildman–Crippen LogP) is 9.59. The first-order chi connectivity index (χ1) is 32.2. The Labute approximate surface area is 398 Å². The fourth-order valence-electron chi connectivity index (χ4n) is 8.70. The highest BCUT2D eigenvalue weighted by Gasteiger charge is 2.41. The summed E-state index contributed by atoms with van der Waals surface area (Å²) in [5.41, 5.74) is 19.1.